The summed E-state index contributed by atoms with van der Waals surface area (Å²) in [5.74, 6) is 1.66. The molecule has 338 valence electrons. The van der Waals surface area contributed by atoms with E-state index < -0.39 is 26.8 Å². The zero-order chi connectivity index (χ0) is 45.4. The van der Waals surface area contributed by atoms with Gasteiger partial charge in [0.25, 0.3) is 0 Å². The average Bonchev–Trinajstić information content (AvgIpc) is 3.80. The van der Waals surface area contributed by atoms with E-state index in [1.54, 1.807) is 0 Å². The Morgan fingerprint density at radius 3 is 1.03 bits per heavy atom. The van der Waals surface area contributed by atoms with Crippen molar-refractivity contribution >= 4 is 15.6 Å². The molecule has 0 saturated heterocycles. The van der Waals surface area contributed by atoms with Crippen LogP contribution in [0.15, 0.2) is 135 Å². The van der Waals surface area contributed by atoms with Crippen LogP contribution in [0.1, 0.15) is 46.2 Å². The van der Waals surface area contributed by atoms with E-state index in [0.29, 0.717) is 13.2 Å². The van der Waals surface area contributed by atoms with Crippen LogP contribution in [0.2, 0.25) is 0 Å². The molecule has 6 aromatic rings. The number of benzene rings is 4. The van der Waals surface area contributed by atoms with Crippen molar-refractivity contribution in [1.29, 1.82) is 0 Å². The van der Waals surface area contributed by atoms with Crippen molar-refractivity contribution in [3.05, 3.63) is 168 Å². The molecule has 8 nitrogen and oxygen atoms in total. The molecule has 1 aliphatic carbocycles. The fraction of sp³-hybridized carbons (Fsp3) is 0.250. The molecule has 4 aromatic carbocycles. The summed E-state index contributed by atoms with van der Waals surface area (Å²) >= 11 is 0. The fourth-order valence-electron chi connectivity index (χ4n) is 7.22. The van der Waals surface area contributed by atoms with Gasteiger partial charge in [0.15, 0.2) is 11.2 Å². The predicted octanol–water partition coefficient (Wildman–Crippen LogP) is 12.5. The van der Waals surface area contributed by atoms with Crippen molar-refractivity contribution in [3.63, 3.8) is 0 Å². The van der Waals surface area contributed by atoms with Gasteiger partial charge in [0.1, 0.15) is 36.3 Å². The van der Waals surface area contributed by atoms with Gasteiger partial charge in [-0.25, -0.2) is 28.0 Å². The SMILES string of the molecule is C[n+]1ccn(CCCOc2ccc(C34OOC(c5ccc(OCCCn6cc[n+](C)c6)cc5)(c5ccccc53)c3ccccc34)cc2)c1.F[P-](F)(F)(F)(F)F.F[P-](F)(F)(F)(F)F. The van der Waals surface area contributed by atoms with Crippen LogP contribution in [0, 0.1) is 0 Å². The van der Waals surface area contributed by atoms with Gasteiger partial charge in [0.05, 0.1) is 40.4 Å². The van der Waals surface area contributed by atoms with Crippen molar-refractivity contribution < 1.29 is 78.7 Å². The molecule has 3 aliphatic rings. The quantitative estimate of drug-likeness (QED) is 0.0403. The Labute approximate surface area is 346 Å². The van der Waals surface area contributed by atoms with Crippen LogP contribution in [0.4, 0.5) is 50.4 Å². The number of imidazole rings is 2. The number of hydrogen-bond acceptors (Lipinski definition) is 4. The second-order valence-corrected chi connectivity index (χ2v) is 18.5. The van der Waals surface area contributed by atoms with Crippen molar-refractivity contribution in [3.8, 4) is 11.5 Å². The maximum atomic E-state index is 9.87. The Morgan fingerprint density at radius 1 is 0.484 bits per heavy atom. The molecule has 0 fully saturated rings. The average molecular weight is 931 g/mol. The fourth-order valence-corrected chi connectivity index (χ4v) is 7.22. The van der Waals surface area contributed by atoms with Crippen molar-refractivity contribution in [2.24, 2.45) is 14.1 Å². The zero-order valence-corrected chi connectivity index (χ0v) is 34.6. The van der Waals surface area contributed by atoms with E-state index >= 15 is 0 Å². The normalized spacial score (nSPS) is 20.0. The van der Waals surface area contributed by atoms with Crippen molar-refractivity contribution in [1.82, 2.24) is 9.13 Å². The Morgan fingerprint density at radius 2 is 0.774 bits per heavy atom. The molecule has 0 amide bonds. The van der Waals surface area contributed by atoms with Crippen LogP contribution in [0.3, 0.4) is 0 Å². The third kappa shape index (κ3) is 12.7. The molecule has 0 atom stereocenters. The summed E-state index contributed by atoms with van der Waals surface area (Å²) in [7, 11) is -17.3. The summed E-state index contributed by atoms with van der Waals surface area (Å²) in [6.45, 7) is 3.09. The van der Waals surface area contributed by atoms with E-state index in [-0.39, 0.29) is 0 Å². The summed E-state index contributed by atoms with van der Waals surface area (Å²) in [4.78, 5) is 13.2. The third-order valence-corrected chi connectivity index (χ3v) is 9.49. The first-order valence-corrected chi connectivity index (χ1v) is 22.7. The Balaban J connectivity index is 0.000000397. The predicted molar refractivity (Wildman–Crippen MR) is 206 cm³/mol. The van der Waals surface area contributed by atoms with Gasteiger partial charge in [0.2, 0.25) is 12.7 Å². The van der Waals surface area contributed by atoms with Gasteiger partial charge in [-0.05, 0) is 35.4 Å². The molecule has 0 N–H and O–H groups in total. The molecule has 0 spiro atoms. The standard InChI is InChI=1S/C40H40N4O4.2F6P/c1-41-23-25-43(29-41)21-7-27-45-33-17-13-31(14-18-33)39-35-9-3-5-11-37(35)40(48-47-39,38-12-6-4-10-36(38)39)32-15-19-34(20-16-32)46-28-8-22-44-26-24-42(2)30-44;2*1-7(2,3,4,5)6/h3-6,9-20,23-26,29-30H,7-8,21-22,27-28H2,1-2H3;;/q+2;2*-1. The van der Waals surface area contributed by atoms with Crippen molar-refractivity contribution in [2.75, 3.05) is 13.2 Å². The molecule has 2 aromatic heterocycles. The monoisotopic (exact) mass is 930 g/mol. The first kappa shape index (κ1) is 46.3. The summed E-state index contributed by atoms with van der Waals surface area (Å²) in [5.41, 5.74) is 4.42. The molecule has 2 aliphatic heterocycles. The van der Waals surface area contributed by atoms with E-state index in [2.05, 4.69) is 107 Å². The number of halogens is 12. The van der Waals surface area contributed by atoms with Crippen LogP contribution in [0.5, 0.6) is 11.5 Å². The van der Waals surface area contributed by atoms with E-state index in [0.717, 1.165) is 70.8 Å². The van der Waals surface area contributed by atoms with Gasteiger partial charge < -0.3 is 9.47 Å². The Hall–Kier alpha value is -5.16. The van der Waals surface area contributed by atoms with Gasteiger partial charge in [-0.1, -0.05) is 72.8 Å². The van der Waals surface area contributed by atoms with Gasteiger partial charge in [0, 0.05) is 35.1 Å². The van der Waals surface area contributed by atoms with Crippen LogP contribution >= 0.6 is 15.6 Å². The molecule has 4 heterocycles. The summed E-state index contributed by atoms with van der Waals surface area (Å²) in [6, 6.07) is 33.5. The summed E-state index contributed by atoms with van der Waals surface area (Å²) < 4.78 is 139. The van der Waals surface area contributed by atoms with E-state index in [9.17, 15) is 50.4 Å². The van der Waals surface area contributed by atoms with Gasteiger partial charge >= 0.3 is 66.0 Å². The van der Waals surface area contributed by atoms with E-state index in [4.69, 9.17) is 19.2 Å². The third-order valence-electron chi connectivity index (χ3n) is 9.49. The number of ether oxygens (including phenoxy) is 2. The Bertz CT molecular complexity index is 2270. The van der Waals surface area contributed by atoms with Crippen LogP contribution in [-0.2, 0) is 48.2 Å². The minimum atomic E-state index is -10.7. The number of nitrogens with zero attached hydrogens (tertiary/aromatic N) is 4. The number of fused-ring (bicyclic) bond motifs is 1. The van der Waals surface area contributed by atoms with Gasteiger partial charge in [-0.3, -0.25) is 0 Å². The zero-order valence-electron chi connectivity index (χ0n) is 32.8. The van der Waals surface area contributed by atoms with E-state index in [1.807, 2.05) is 59.9 Å². The molecule has 22 heteroatoms. The molecule has 0 unspecified atom stereocenters. The van der Waals surface area contributed by atoms with Crippen molar-refractivity contribution in [2.45, 2.75) is 37.1 Å². The molecule has 0 saturated carbocycles. The van der Waals surface area contributed by atoms with Crippen LogP contribution in [-0.4, -0.2) is 22.3 Å². The second-order valence-electron chi connectivity index (χ2n) is 14.6. The minimum absolute atomic E-state index is 0.636. The van der Waals surface area contributed by atoms with Gasteiger partial charge in [-0.15, -0.1) is 0 Å². The van der Waals surface area contributed by atoms with E-state index in [1.165, 1.54) is 0 Å². The topological polar surface area (TPSA) is 54.5 Å². The number of rotatable bonds is 12. The molecule has 62 heavy (non-hydrogen) atoms. The number of hydrogen-bond donors (Lipinski definition) is 0. The molecule has 2 bridgehead atoms. The second kappa shape index (κ2) is 15.3. The van der Waals surface area contributed by atoms with Crippen LogP contribution < -0.4 is 18.6 Å². The maximum absolute atomic E-state index is 10.7. The number of aromatic nitrogens is 4. The van der Waals surface area contributed by atoms with Crippen LogP contribution in [0.25, 0.3) is 0 Å². The molecular formula is C40H40F12N4O4P2. The molecule has 9 rings (SSSR count). The summed E-state index contributed by atoms with van der Waals surface area (Å²) in [6.07, 6.45) is 14.2. The first-order chi connectivity index (χ1) is 28.5. The summed E-state index contributed by atoms with van der Waals surface area (Å²) in [5, 5.41) is 0. The first-order valence-electron chi connectivity index (χ1n) is 18.6. The number of aryl methyl sites for hydroxylation is 4. The molecular weight excluding hydrogens is 890 g/mol. The van der Waals surface area contributed by atoms with Gasteiger partial charge in [-0.2, -0.15) is 0 Å². The Kier molecular flexibility index (Phi) is 11.4. The molecule has 0 radical (unpaired) electrons.